The van der Waals surface area contributed by atoms with Gasteiger partial charge in [0, 0.05) is 35.4 Å². The van der Waals surface area contributed by atoms with E-state index in [9.17, 15) is 14.7 Å². The summed E-state index contributed by atoms with van der Waals surface area (Å²) in [6, 6.07) is 8.42. The second kappa shape index (κ2) is 7.49. The SMILES string of the molecule is Cc1[nH]c2ccc(C(=O)[O-])cc2c(=O)c1C[NH+](C)CCc1ccncc1. The van der Waals surface area contributed by atoms with Crippen LogP contribution in [-0.4, -0.2) is 29.5 Å². The van der Waals surface area contributed by atoms with Crippen molar-refractivity contribution in [2.24, 2.45) is 0 Å². The van der Waals surface area contributed by atoms with Crippen molar-refractivity contribution in [3.05, 3.63) is 75.3 Å². The van der Waals surface area contributed by atoms with Gasteiger partial charge < -0.3 is 19.8 Å². The minimum atomic E-state index is -1.28. The molecular weight excluding hydrogens is 330 g/mol. The third-order valence-electron chi connectivity index (χ3n) is 4.62. The molecule has 2 heterocycles. The number of nitrogens with zero attached hydrogens (tertiary/aromatic N) is 1. The van der Waals surface area contributed by atoms with Crippen molar-refractivity contribution in [1.29, 1.82) is 0 Å². The summed E-state index contributed by atoms with van der Waals surface area (Å²) in [7, 11) is 2.04. The Bertz CT molecular complexity index is 996. The Morgan fingerprint density at radius 2 is 1.96 bits per heavy atom. The summed E-state index contributed by atoms with van der Waals surface area (Å²) < 4.78 is 0. The predicted octanol–water partition coefficient (Wildman–Crippen LogP) is -0.148. The van der Waals surface area contributed by atoms with Gasteiger partial charge in [-0.15, -0.1) is 0 Å². The molecule has 0 aliphatic heterocycles. The normalized spacial score (nSPS) is 12.2. The molecule has 134 valence electrons. The van der Waals surface area contributed by atoms with Crippen molar-refractivity contribution in [3.63, 3.8) is 0 Å². The van der Waals surface area contributed by atoms with Crippen molar-refractivity contribution >= 4 is 16.9 Å². The van der Waals surface area contributed by atoms with Crippen molar-refractivity contribution in [3.8, 4) is 0 Å². The molecule has 6 nitrogen and oxygen atoms in total. The number of aromatic carboxylic acids is 1. The Hall–Kier alpha value is -2.99. The predicted molar refractivity (Wildman–Crippen MR) is 97.0 cm³/mol. The summed E-state index contributed by atoms with van der Waals surface area (Å²) in [5, 5.41) is 11.5. The van der Waals surface area contributed by atoms with Gasteiger partial charge in [0.1, 0.15) is 6.54 Å². The van der Waals surface area contributed by atoms with Gasteiger partial charge in [-0.2, -0.15) is 0 Å². The van der Waals surface area contributed by atoms with E-state index in [1.165, 1.54) is 22.6 Å². The highest BCUT2D eigenvalue weighted by Gasteiger charge is 2.14. The summed E-state index contributed by atoms with van der Waals surface area (Å²) in [5.41, 5.74) is 3.23. The number of quaternary nitrogens is 1. The minimum Gasteiger partial charge on any atom is -0.545 e. The molecule has 1 aromatic carbocycles. The highest BCUT2D eigenvalue weighted by atomic mass is 16.4. The summed E-state index contributed by atoms with van der Waals surface area (Å²) in [4.78, 5) is 32.4. The van der Waals surface area contributed by atoms with Gasteiger partial charge in [0.05, 0.1) is 25.1 Å². The molecule has 0 radical (unpaired) electrons. The zero-order valence-corrected chi connectivity index (χ0v) is 14.8. The summed E-state index contributed by atoms with van der Waals surface area (Å²) in [6.45, 7) is 3.32. The highest BCUT2D eigenvalue weighted by molar-refractivity contribution is 5.92. The molecule has 3 rings (SSSR count). The average molecular weight is 351 g/mol. The van der Waals surface area contributed by atoms with Crippen LogP contribution in [0.5, 0.6) is 0 Å². The molecule has 3 aromatic rings. The number of aryl methyl sites for hydroxylation is 1. The standard InChI is InChI=1S/C20H21N3O3/c1-13-17(12-23(2)10-7-14-5-8-21-9-6-14)19(24)16-11-15(20(25)26)3-4-18(16)22-13/h3-6,8-9,11H,7,10,12H2,1-2H3,(H,22,24)(H,25,26). The fraction of sp³-hybridized carbons (Fsp3) is 0.250. The number of aromatic amines is 1. The molecule has 2 N–H and O–H groups in total. The first-order valence-corrected chi connectivity index (χ1v) is 8.53. The first-order chi connectivity index (χ1) is 12.5. The van der Waals surface area contributed by atoms with E-state index in [2.05, 4.69) is 9.97 Å². The number of carbonyl (C=O) groups excluding carboxylic acids is 1. The van der Waals surface area contributed by atoms with E-state index in [4.69, 9.17) is 0 Å². The molecule has 26 heavy (non-hydrogen) atoms. The lowest BCUT2D eigenvalue weighted by atomic mass is 10.1. The molecule has 1 atom stereocenters. The van der Waals surface area contributed by atoms with Gasteiger partial charge in [-0.1, -0.05) is 6.07 Å². The van der Waals surface area contributed by atoms with Crippen LogP contribution >= 0.6 is 0 Å². The topological polar surface area (TPSA) is 90.3 Å². The number of fused-ring (bicyclic) bond motifs is 1. The molecule has 0 spiro atoms. The second-order valence-corrected chi connectivity index (χ2v) is 6.59. The van der Waals surface area contributed by atoms with Crippen molar-refractivity contribution in [2.45, 2.75) is 19.9 Å². The summed E-state index contributed by atoms with van der Waals surface area (Å²) in [6.07, 6.45) is 4.45. The van der Waals surface area contributed by atoms with Crippen LogP contribution in [-0.2, 0) is 13.0 Å². The van der Waals surface area contributed by atoms with Gasteiger partial charge in [-0.3, -0.25) is 9.78 Å². The quantitative estimate of drug-likeness (QED) is 0.646. The minimum absolute atomic E-state index is 0.0104. The maximum atomic E-state index is 12.9. The number of pyridine rings is 2. The van der Waals surface area contributed by atoms with E-state index < -0.39 is 5.97 Å². The summed E-state index contributed by atoms with van der Waals surface area (Å²) in [5.74, 6) is -1.28. The smallest absolute Gasteiger partial charge is 0.198 e. The third kappa shape index (κ3) is 3.81. The lowest BCUT2D eigenvalue weighted by Gasteiger charge is -2.16. The molecule has 2 aromatic heterocycles. The molecule has 1 unspecified atom stereocenters. The number of carbonyl (C=O) groups is 1. The maximum Gasteiger partial charge on any atom is 0.198 e. The van der Waals surface area contributed by atoms with E-state index >= 15 is 0 Å². The lowest BCUT2D eigenvalue weighted by Crippen LogP contribution is -3.08. The van der Waals surface area contributed by atoms with Crippen molar-refractivity contribution < 1.29 is 14.8 Å². The average Bonchev–Trinajstić information content (AvgIpc) is 2.64. The van der Waals surface area contributed by atoms with E-state index in [1.54, 1.807) is 18.5 Å². The molecule has 0 aliphatic carbocycles. The maximum absolute atomic E-state index is 12.9. The first kappa shape index (κ1) is 17.8. The molecule has 0 saturated heterocycles. The van der Waals surface area contributed by atoms with Crippen LogP contribution in [0.1, 0.15) is 27.2 Å². The van der Waals surface area contributed by atoms with Gasteiger partial charge >= 0.3 is 0 Å². The Morgan fingerprint density at radius 1 is 1.23 bits per heavy atom. The zero-order chi connectivity index (χ0) is 18.7. The van der Waals surface area contributed by atoms with E-state index in [-0.39, 0.29) is 11.0 Å². The molecule has 6 heteroatoms. The number of carboxylic acid groups (broad SMARTS) is 1. The Labute approximate surface area is 151 Å². The number of H-pyrrole nitrogens is 1. The van der Waals surface area contributed by atoms with Crippen molar-refractivity contribution in [1.82, 2.24) is 9.97 Å². The molecule has 0 bridgehead atoms. The van der Waals surface area contributed by atoms with E-state index in [0.717, 1.165) is 18.7 Å². The van der Waals surface area contributed by atoms with Crippen LogP contribution in [0.4, 0.5) is 0 Å². The fourth-order valence-corrected chi connectivity index (χ4v) is 3.09. The largest absolute Gasteiger partial charge is 0.545 e. The van der Waals surface area contributed by atoms with Crippen LogP contribution in [0.3, 0.4) is 0 Å². The molecule has 0 fully saturated rings. The van der Waals surface area contributed by atoms with Gasteiger partial charge in [0.25, 0.3) is 0 Å². The summed E-state index contributed by atoms with van der Waals surface area (Å²) >= 11 is 0. The number of hydrogen-bond donors (Lipinski definition) is 2. The third-order valence-corrected chi connectivity index (χ3v) is 4.62. The Kier molecular flexibility index (Phi) is 5.14. The van der Waals surface area contributed by atoms with Gasteiger partial charge in [-0.25, -0.2) is 0 Å². The van der Waals surface area contributed by atoms with Gasteiger partial charge in [0.15, 0.2) is 5.43 Å². The first-order valence-electron chi connectivity index (χ1n) is 8.53. The van der Waals surface area contributed by atoms with Gasteiger partial charge in [-0.05, 0) is 42.3 Å². The number of carboxylic acids is 1. The van der Waals surface area contributed by atoms with E-state index in [1.807, 2.05) is 26.1 Å². The van der Waals surface area contributed by atoms with Crippen LogP contribution in [0.2, 0.25) is 0 Å². The van der Waals surface area contributed by atoms with Gasteiger partial charge in [0.2, 0.25) is 0 Å². The van der Waals surface area contributed by atoms with Crippen molar-refractivity contribution in [2.75, 3.05) is 13.6 Å². The van der Waals surface area contributed by atoms with Crippen LogP contribution in [0.15, 0.2) is 47.5 Å². The number of likely N-dealkylation sites (N-methyl/N-ethyl adjacent to an activating group) is 1. The van der Waals surface area contributed by atoms with Crippen LogP contribution < -0.4 is 15.4 Å². The number of benzene rings is 1. The van der Waals surface area contributed by atoms with Crippen LogP contribution in [0, 0.1) is 6.92 Å². The molecule has 0 amide bonds. The monoisotopic (exact) mass is 351 g/mol. The van der Waals surface area contributed by atoms with Crippen LogP contribution in [0.25, 0.3) is 10.9 Å². The number of hydrogen-bond acceptors (Lipinski definition) is 4. The highest BCUT2D eigenvalue weighted by Crippen LogP contribution is 2.13. The fourth-order valence-electron chi connectivity index (χ4n) is 3.09. The molecule has 0 saturated carbocycles. The zero-order valence-electron chi connectivity index (χ0n) is 14.8. The molecule has 0 aliphatic rings. The number of rotatable bonds is 6. The Morgan fingerprint density at radius 3 is 2.65 bits per heavy atom. The second-order valence-electron chi connectivity index (χ2n) is 6.59. The Balaban J connectivity index is 1.84. The lowest BCUT2D eigenvalue weighted by molar-refractivity contribution is -0.893. The van der Waals surface area contributed by atoms with E-state index in [0.29, 0.717) is 23.0 Å². The number of aromatic nitrogens is 2. The molecular formula is C20H21N3O3. The number of nitrogens with one attached hydrogen (secondary N) is 2.